The molecule has 0 aromatic heterocycles. The molecule has 0 heterocycles. The molecule has 3 heteroatoms. The van der Waals surface area contributed by atoms with E-state index in [1.807, 2.05) is 85.8 Å². The van der Waals surface area contributed by atoms with Gasteiger partial charge < -0.3 is 9.84 Å². The lowest BCUT2D eigenvalue weighted by Gasteiger charge is -2.19. The van der Waals surface area contributed by atoms with Crippen molar-refractivity contribution in [3.63, 3.8) is 0 Å². The average molecular weight is 346 g/mol. The summed E-state index contributed by atoms with van der Waals surface area (Å²) in [7, 11) is 0. The zero-order valence-corrected chi connectivity index (χ0v) is 14.8. The van der Waals surface area contributed by atoms with Crippen molar-refractivity contribution >= 4 is 5.97 Å². The molecule has 0 bridgehead atoms. The topological polar surface area (TPSA) is 46.5 Å². The second-order valence-electron chi connectivity index (χ2n) is 6.35. The molecular formula is C23H22O3. The minimum Gasteiger partial charge on any atom is -0.489 e. The molecule has 0 saturated heterocycles. The zero-order valence-electron chi connectivity index (χ0n) is 14.8. The van der Waals surface area contributed by atoms with Gasteiger partial charge in [0.2, 0.25) is 0 Å². The molecule has 0 aliphatic rings. The number of carboxylic acid groups (broad SMARTS) is 1. The molecule has 3 aromatic carbocycles. The Balaban J connectivity index is 1.88. The van der Waals surface area contributed by atoms with Gasteiger partial charge in [-0.3, -0.25) is 4.79 Å². The van der Waals surface area contributed by atoms with Crippen LogP contribution in [0.15, 0.2) is 78.9 Å². The van der Waals surface area contributed by atoms with E-state index in [0.29, 0.717) is 6.61 Å². The van der Waals surface area contributed by atoms with Crippen LogP contribution in [0.4, 0.5) is 0 Å². The fraction of sp³-hybridized carbons (Fsp3) is 0.174. The number of ether oxygens (including phenoxy) is 1. The molecule has 1 N–H and O–H groups in total. The molecule has 26 heavy (non-hydrogen) atoms. The van der Waals surface area contributed by atoms with Crippen LogP contribution in [0.3, 0.4) is 0 Å². The van der Waals surface area contributed by atoms with Crippen LogP contribution in [-0.4, -0.2) is 11.1 Å². The average Bonchev–Trinajstić information content (AvgIpc) is 2.67. The Kier molecular flexibility index (Phi) is 5.69. The number of carboxylic acids is 1. The van der Waals surface area contributed by atoms with Crippen LogP contribution in [-0.2, 0) is 11.4 Å². The molecule has 3 aromatic rings. The van der Waals surface area contributed by atoms with Gasteiger partial charge in [0.1, 0.15) is 12.4 Å². The van der Waals surface area contributed by atoms with Gasteiger partial charge >= 0.3 is 5.97 Å². The van der Waals surface area contributed by atoms with Crippen LogP contribution >= 0.6 is 0 Å². The number of hydrogen-bond donors (Lipinski definition) is 1. The van der Waals surface area contributed by atoms with Crippen LogP contribution in [0.5, 0.6) is 5.75 Å². The van der Waals surface area contributed by atoms with Crippen LogP contribution in [0.1, 0.15) is 34.6 Å². The largest absolute Gasteiger partial charge is 0.489 e. The standard InChI is InChI=1S/C23H22O3/c1-17-12-13-20(26-16-18-8-4-2-5-9-18)14-21(17)22(15-23(24)25)19-10-6-3-7-11-19/h2-14,22H,15-16H2,1H3,(H,24,25)/t22-/m1/s1. The summed E-state index contributed by atoms with van der Waals surface area (Å²) >= 11 is 0. The third-order valence-corrected chi connectivity index (χ3v) is 4.46. The molecule has 0 spiro atoms. The Bertz CT molecular complexity index is 857. The SMILES string of the molecule is Cc1ccc(OCc2ccccc2)cc1[C@H](CC(=O)O)c1ccccc1. The fourth-order valence-electron chi connectivity index (χ4n) is 3.09. The van der Waals surface area contributed by atoms with Crippen molar-refractivity contribution in [2.75, 3.05) is 0 Å². The zero-order chi connectivity index (χ0) is 18.4. The monoisotopic (exact) mass is 346 g/mol. The van der Waals surface area contributed by atoms with Gasteiger partial charge in [-0.25, -0.2) is 0 Å². The molecule has 0 saturated carbocycles. The predicted molar refractivity (Wildman–Crippen MR) is 102 cm³/mol. The lowest BCUT2D eigenvalue weighted by molar-refractivity contribution is -0.137. The van der Waals surface area contributed by atoms with Gasteiger partial charge in [0.15, 0.2) is 0 Å². The van der Waals surface area contributed by atoms with Crippen LogP contribution in [0, 0.1) is 6.92 Å². The van der Waals surface area contributed by atoms with Crippen molar-refractivity contribution in [1.82, 2.24) is 0 Å². The van der Waals surface area contributed by atoms with E-state index in [9.17, 15) is 9.90 Å². The van der Waals surface area contributed by atoms with E-state index in [4.69, 9.17) is 4.74 Å². The first kappa shape index (κ1) is 17.7. The summed E-state index contributed by atoms with van der Waals surface area (Å²) in [5, 5.41) is 9.39. The Hall–Kier alpha value is -3.07. The van der Waals surface area contributed by atoms with Crippen LogP contribution in [0.2, 0.25) is 0 Å². The Morgan fingerprint density at radius 1 is 0.962 bits per heavy atom. The van der Waals surface area contributed by atoms with Crippen molar-refractivity contribution in [3.8, 4) is 5.75 Å². The summed E-state index contributed by atoms with van der Waals surface area (Å²) in [6.45, 7) is 2.49. The number of carbonyl (C=O) groups is 1. The smallest absolute Gasteiger partial charge is 0.304 e. The first-order valence-electron chi connectivity index (χ1n) is 8.67. The molecule has 0 aliphatic heterocycles. The Labute approximate surface area is 153 Å². The van der Waals surface area contributed by atoms with E-state index >= 15 is 0 Å². The van der Waals surface area contributed by atoms with E-state index < -0.39 is 5.97 Å². The maximum absolute atomic E-state index is 11.4. The number of hydrogen-bond acceptors (Lipinski definition) is 2. The summed E-state index contributed by atoms with van der Waals surface area (Å²) in [5.74, 6) is -0.261. The highest BCUT2D eigenvalue weighted by molar-refractivity contribution is 5.69. The van der Waals surface area contributed by atoms with E-state index in [1.165, 1.54) is 0 Å². The van der Waals surface area contributed by atoms with Crippen molar-refractivity contribution in [1.29, 1.82) is 0 Å². The van der Waals surface area contributed by atoms with E-state index in [-0.39, 0.29) is 12.3 Å². The maximum atomic E-state index is 11.4. The van der Waals surface area contributed by atoms with Gasteiger partial charge in [-0.05, 0) is 41.3 Å². The molecule has 0 amide bonds. The summed E-state index contributed by atoms with van der Waals surface area (Å²) in [4.78, 5) is 11.4. The van der Waals surface area contributed by atoms with Crippen LogP contribution < -0.4 is 4.74 Å². The predicted octanol–water partition coefficient (Wildman–Crippen LogP) is 5.18. The summed E-state index contributed by atoms with van der Waals surface area (Å²) in [5.41, 5.74) is 4.15. The normalized spacial score (nSPS) is 11.7. The highest BCUT2D eigenvalue weighted by Gasteiger charge is 2.20. The second kappa shape index (κ2) is 8.34. The minimum atomic E-state index is -0.811. The van der Waals surface area contributed by atoms with E-state index in [0.717, 1.165) is 28.0 Å². The third kappa shape index (κ3) is 4.51. The first-order chi connectivity index (χ1) is 12.6. The molecule has 1 atom stereocenters. The van der Waals surface area contributed by atoms with Crippen molar-refractivity contribution < 1.29 is 14.6 Å². The lowest BCUT2D eigenvalue weighted by Crippen LogP contribution is -2.09. The van der Waals surface area contributed by atoms with Gasteiger partial charge in [-0.15, -0.1) is 0 Å². The van der Waals surface area contributed by atoms with Crippen LogP contribution in [0.25, 0.3) is 0 Å². The summed E-state index contributed by atoms with van der Waals surface area (Å²) in [6, 6.07) is 25.7. The van der Waals surface area contributed by atoms with Crippen molar-refractivity contribution in [2.24, 2.45) is 0 Å². The van der Waals surface area contributed by atoms with Gasteiger partial charge in [-0.1, -0.05) is 66.7 Å². The quantitative estimate of drug-likeness (QED) is 0.641. The van der Waals surface area contributed by atoms with Crippen molar-refractivity contribution in [3.05, 3.63) is 101 Å². The van der Waals surface area contributed by atoms with Gasteiger partial charge in [-0.2, -0.15) is 0 Å². The summed E-state index contributed by atoms with van der Waals surface area (Å²) < 4.78 is 5.93. The molecule has 0 radical (unpaired) electrons. The molecule has 3 nitrogen and oxygen atoms in total. The number of aliphatic carboxylic acids is 1. The highest BCUT2D eigenvalue weighted by Crippen LogP contribution is 2.33. The summed E-state index contributed by atoms with van der Waals surface area (Å²) in [6.07, 6.45) is 0.0486. The Morgan fingerprint density at radius 2 is 1.62 bits per heavy atom. The molecule has 3 rings (SSSR count). The molecule has 132 valence electrons. The van der Waals surface area contributed by atoms with Gasteiger partial charge in [0, 0.05) is 5.92 Å². The van der Waals surface area contributed by atoms with Gasteiger partial charge in [0.05, 0.1) is 6.42 Å². The lowest BCUT2D eigenvalue weighted by atomic mass is 9.86. The third-order valence-electron chi connectivity index (χ3n) is 4.46. The minimum absolute atomic E-state index is 0.0486. The first-order valence-corrected chi connectivity index (χ1v) is 8.67. The molecule has 0 unspecified atom stereocenters. The number of benzene rings is 3. The highest BCUT2D eigenvalue weighted by atomic mass is 16.5. The Morgan fingerprint density at radius 3 is 2.27 bits per heavy atom. The molecule has 0 fully saturated rings. The molecule has 0 aliphatic carbocycles. The van der Waals surface area contributed by atoms with Gasteiger partial charge in [0.25, 0.3) is 0 Å². The number of rotatable bonds is 7. The number of aryl methyl sites for hydroxylation is 1. The fourth-order valence-corrected chi connectivity index (χ4v) is 3.09. The van der Waals surface area contributed by atoms with Crippen molar-refractivity contribution in [2.45, 2.75) is 25.9 Å². The maximum Gasteiger partial charge on any atom is 0.304 e. The van der Waals surface area contributed by atoms with E-state index in [1.54, 1.807) is 0 Å². The second-order valence-corrected chi connectivity index (χ2v) is 6.35. The van der Waals surface area contributed by atoms with E-state index in [2.05, 4.69) is 0 Å². The molecular weight excluding hydrogens is 324 g/mol.